The van der Waals surface area contributed by atoms with E-state index in [1.165, 1.54) is 7.11 Å². The molecule has 0 aliphatic carbocycles. The summed E-state index contributed by atoms with van der Waals surface area (Å²) in [5.74, 6) is -1.77. The standard InChI is InChI=1S/C18H24N4O5S/c1-11-4-5-12(2)13(10-11)19-14(23)6-7-16(25)21-22-18(28)20-15(24)8-9-17(26)27-3/h4-5,10H,6-9H2,1-3H3,(H,19,23)(H,21,25)(H2,20,22,24,28). The van der Waals surface area contributed by atoms with Crippen molar-refractivity contribution in [1.82, 2.24) is 16.2 Å². The summed E-state index contributed by atoms with van der Waals surface area (Å²) in [6.45, 7) is 3.80. The van der Waals surface area contributed by atoms with Gasteiger partial charge < -0.3 is 15.4 Å². The van der Waals surface area contributed by atoms with Gasteiger partial charge in [0.15, 0.2) is 5.11 Å². The molecular weight excluding hydrogens is 384 g/mol. The van der Waals surface area contributed by atoms with Crippen LogP contribution in [0.4, 0.5) is 5.69 Å². The minimum absolute atomic E-state index is 0.0147. The van der Waals surface area contributed by atoms with Gasteiger partial charge in [-0.3, -0.25) is 30.0 Å². The van der Waals surface area contributed by atoms with Crippen LogP contribution >= 0.6 is 12.2 Å². The minimum Gasteiger partial charge on any atom is -0.469 e. The predicted octanol–water partition coefficient (Wildman–Crippen LogP) is 0.997. The third-order valence-electron chi connectivity index (χ3n) is 3.60. The first-order valence-electron chi connectivity index (χ1n) is 8.54. The molecule has 4 N–H and O–H groups in total. The number of carbonyl (C=O) groups excluding carboxylic acids is 4. The first kappa shape index (κ1) is 23.0. The van der Waals surface area contributed by atoms with E-state index < -0.39 is 17.8 Å². The fraction of sp³-hybridized carbons (Fsp3) is 0.389. The molecule has 0 aromatic heterocycles. The number of carbonyl (C=O) groups is 4. The van der Waals surface area contributed by atoms with Gasteiger partial charge in [-0.05, 0) is 43.3 Å². The van der Waals surface area contributed by atoms with Crippen molar-refractivity contribution < 1.29 is 23.9 Å². The van der Waals surface area contributed by atoms with Crippen LogP contribution in [0.5, 0.6) is 0 Å². The molecule has 10 heteroatoms. The van der Waals surface area contributed by atoms with Gasteiger partial charge in [-0.15, -0.1) is 0 Å². The van der Waals surface area contributed by atoms with Crippen LogP contribution < -0.4 is 21.5 Å². The number of methoxy groups -OCH3 is 1. The first-order valence-corrected chi connectivity index (χ1v) is 8.94. The molecule has 0 aliphatic heterocycles. The number of amides is 3. The quantitative estimate of drug-likeness (QED) is 0.301. The first-order chi connectivity index (χ1) is 13.2. The molecule has 0 saturated heterocycles. The van der Waals surface area contributed by atoms with Crippen molar-refractivity contribution >= 4 is 46.7 Å². The van der Waals surface area contributed by atoms with E-state index in [2.05, 4.69) is 26.2 Å². The van der Waals surface area contributed by atoms with Gasteiger partial charge in [0.25, 0.3) is 0 Å². The predicted molar refractivity (Wildman–Crippen MR) is 107 cm³/mol. The molecule has 1 rings (SSSR count). The lowest BCUT2D eigenvalue weighted by Crippen LogP contribution is -2.48. The molecule has 0 saturated carbocycles. The fourth-order valence-electron chi connectivity index (χ4n) is 2.04. The number of rotatable bonds is 7. The Labute approximate surface area is 168 Å². The Kier molecular flexibility index (Phi) is 9.58. The molecule has 1 aromatic carbocycles. The number of thiocarbonyl (C=S) groups is 1. The summed E-state index contributed by atoms with van der Waals surface area (Å²) in [5, 5.41) is 4.95. The van der Waals surface area contributed by atoms with Crippen molar-refractivity contribution in [2.45, 2.75) is 39.5 Å². The summed E-state index contributed by atoms with van der Waals surface area (Å²) in [5.41, 5.74) is 7.30. The van der Waals surface area contributed by atoms with E-state index in [0.717, 1.165) is 11.1 Å². The van der Waals surface area contributed by atoms with Crippen LogP contribution in [0.2, 0.25) is 0 Å². The highest BCUT2D eigenvalue weighted by Gasteiger charge is 2.11. The van der Waals surface area contributed by atoms with Gasteiger partial charge in [0.1, 0.15) is 0 Å². The summed E-state index contributed by atoms with van der Waals surface area (Å²) >= 11 is 4.85. The van der Waals surface area contributed by atoms with E-state index in [-0.39, 0.29) is 36.7 Å². The highest BCUT2D eigenvalue weighted by atomic mass is 32.1. The molecule has 0 bridgehead atoms. The van der Waals surface area contributed by atoms with Crippen LogP contribution in [0.15, 0.2) is 18.2 Å². The molecule has 0 spiro atoms. The van der Waals surface area contributed by atoms with E-state index in [9.17, 15) is 19.2 Å². The highest BCUT2D eigenvalue weighted by Crippen LogP contribution is 2.16. The summed E-state index contributed by atoms with van der Waals surface area (Å²) in [6, 6.07) is 5.71. The number of aryl methyl sites for hydroxylation is 2. The van der Waals surface area contributed by atoms with Gasteiger partial charge in [0.05, 0.1) is 13.5 Å². The Balaban J connectivity index is 2.28. The molecule has 28 heavy (non-hydrogen) atoms. The number of ether oxygens (including phenoxy) is 1. The van der Waals surface area contributed by atoms with Gasteiger partial charge in [0, 0.05) is 24.9 Å². The number of hydrogen-bond donors (Lipinski definition) is 4. The van der Waals surface area contributed by atoms with Crippen LogP contribution in [0, 0.1) is 13.8 Å². The smallest absolute Gasteiger partial charge is 0.306 e. The molecule has 0 radical (unpaired) electrons. The van der Waals surface area contributed by atoms with E-state index in [4.69, 9.17) is 12.2 Å². The Morgan fingerprint density at radius 2 is 1.57 bits per heavy atom. The Hall–Kier alpha value is -3.01. The van der Waals surface area contributed by atoms with Crippen LogP contribution in [0.1, 0.15) is 36.8 Å². The number of hydrazine groups is 1. The number of hydrogen-bond acceptors (Lipinski definition) is 6. The highest BCUT2D eigenvalue weighted by molar-refractivity contribution is 7.80. The number of esters is 1. The fourth-order valence-corrected chi connectivity index (χ4v) is 2.20. The number of benzene rings is 1. The van der Waals surface area contributed by atoms with Crippen molar-refractivity contribution in [2.75, 3.05) is 12.4 Å². The Morgan fingerprint density at radius 3 is 2.25 bits per heavy atom. The Bertz CT molecular complexity index is 766. The lowest BCUT2D eigenvalue weighted by molar-refractivity contribution is -0.142. The average molecular weight is 408 g/mol. The van der Waals surface area contributed by atoms with Gasteiger partial charge in [0.2, 0.25) is 17.7 Å². The maximum atomic E-state index is 12.0. The molecule has 152 valence electrons. The molecular formula is C18H24N4O5S. The van der Waals surface area contributed by atoms with E-state index in [1.807, 2.05) is 32.0 Å². The Morgan fingerprint density at radius 1 is 0.929 bits per heavy atom. The molecule has 0 aliphatic rings. The SMILES string of the molecule is COC(=O)CCC(=O)NC(=S)NNC(=O)CCC(=O)Nc1cc(C)ccc1C. The van der Waals surface area contributed by atoms with Crippen LogP contribution in [0.25, 0.3) is 0 Å². The lowest BCUT2D eigenvalue weighted by Gasteiger charge is -2.11. The van der Waals surface area contributed by atoms with Gasteiger partial charge in [-0.1, -0.05) is 12.1 Å². The zero-order valence-corrected chi connectivity index (χ0v) is 16.8. The molecule has 3 amide bonds. The van der Waals surface area contributed by atoms with Gasteiger partial charge in [-0.25, -0.2) is 0 Å². The third-order valence-corrected chi connectivity index (χ3v) is 3.80. The minimum atomic E-state index is -0.513. The van der Waals surface area contributed by atoms with Gasteiger partial charge in [-0.2, -0.15) is 0 Å². The van der Waals surface area contributed by atoms with E-state index in [0.29, 0.717) is 5.69 Å². The average Bonchev–Trinajstić information content (AvgIpc) is 2.65. The molecule has 0 heterocycles. The second kappa shape index (κ2) is 11.7. The number of nitrogens with one attached hydrogen (secondary N) is 4. The van der Waals surface area contributed by atoms with Gasteiger partial charge >= 0.3 is 5.97 Å². The summed E-state index contributed by atoms with van der Waals surface area (Å²) < 4.78 is 4.42. The molecule has 0 fully saturated rings. The van der Waals surface area contributed by atoms with Crippen molar-refractivity contribution in [3.63, 3.8) is 0 Å². The summed E-state index contributed by atoms with van der Waals surface area (Å²) in [4.78, 5) is 46.3. The maximum absolute atomic E-state index is 12.0. The number of anilines is 1. The van der Waals surface area contributed by atoms with Crippen LogP contribution in [0.3, 0.4) is 0 Å². The largest absolute Gasteiger partial charge is 0.469 e. The van der Waals surface area contributed by atoms with Crippen molar-refractivity contribution in [3.8, 4) is 0 Å². The molecule has 0 unspecified atom stereocenters. The van der Waals surface area contributed by atoms with Crippen LogP contribution in [-0.4, -0.2) is 35.9 Å². The second-order valence-electron chi connectivity index (χ2n) is 5.99. The molecule has 9 nitrogen and oxygen atoms in total. The molecule has 1 aromatic rings. The van der Waals surface area contributed by atoms with Crippen LogP contribution in [-0.2, 0) is 23.9 Å². The van der Waals surface area contributed by atoms with Crippen molar-refractivity contribution in [3.05, 3.63) is 29.3 Å². The summed E-state index contributed by atoms with van der Waals surface area (Å²) in [7, 11) is 1.23. The lowest BCUT2D eigenvalue weighted by atomic mass is 10.1. The zero-order valence-electron chi connectivity index (χ0n) is 16.0. The topological polar surface area (TPSA) is 126 Å². The summed E-state index contributed by atoms with van der Waals surface area (Å²) in [6.07, 6.45) is -0.254. The van der Waals surface area contributed by atoms with Crippen molar-refractivity contribution in [1.29, 1.82) is 0 Å². The third kappa shape index (κ3) is 9.08. The second-order valence-corrected chi connectivity index (χ2v) is 6.40. The monoisotopic (exact) mass is 408 g/mol. The molecule has 0 atom stereocenters. The van der Waals surface area contributed by atoms with E-state index >= 15 is 0 Å². The normalized spacial score (nSPS) is 9.82. The zero-order chi connectivity index (χ0) is 21.1. The van der Waals surface area contributed by atoms with Crippen molar-refractivity contribution in [2.24, 2.45) is 0 Å². The van der Waals surface area contributed by atoms with E-state index in [1.54, 1.807) is 0 Å². The maximum Gasteiger partial charge on any atom is 0.306 e.